The van der Waals surface area contributed by atoms with Crippen molar-refractivity contribution in [2.45, 2.75) is 27.7 Å². The highest BCUT2D eigenvalue weighted by Gasteiger charge is 2.25. The van der Waals surface area contributed by atoms with Gasteiger partial charge in [-0.25, -0.2) is 0 Å². The Kier molecular flexibility index (Phi) is 10.00. The van der Waals surface area contributed by atoms with Gasteiger partial charge in [0.05, 0.1) is 16.5 Å². The molecule has 10 heteroatoms. The first-order valence-corrected chi connectivity index (χ1v) is 15.9. The average Bonchev–Trinajstić information content (AvgIpc) is 2.67. The molecule has 3 nitrogen and oxygen atoms in total. The minimum absolute atomic E-state index is 0.690. The Labute approximate surface area is 254 Å². The van der Waals surface area contributed by atoms with Crippen LogP contribution in [0.25, 0.3) is 0 Å². The average molecular weight is 1080 g/mol. The fraction of sp³-hybridized carbons (Fsp3) is 0.263. The van der Waals surface area contributed by atoms with Crippen LogP contribution in [-0.2, 0) is 10.0 Å². The monoisotopic (exact) mass is 1080 g/mol. The Morgan fingerprint density at radius 3 is 1.38 bits per heavy atom. The van der Waals surface area contributed by atoms with Crippen LogP contribution in [-0.4, -0.2) is 15.5 Å². The van der Waals surface area contributed by atoms with Gasteiger partial charge in [0, 0.05) is 28.5 Å². The normalized spacial score (nSPS) is 11.3. The number of halogens is 6. The summed E-state index contributed by atoms with van der Waals surface area (Å²) in [5.41, 5.74) is 5.90. The number of hydrogen-bond donors (Lipinski definition) is 0. The van der Waals surface area contributed by atoms with Crippen LogP contribution in [0.2, 0.25) is 0 Å². The maximum absolute atomic E-state index is 13.1. The van der Waals surface area contributed by atoms with Crippen molar-refractivity contribution in [2.75, 3.05) is 11.4 Å². The van der Waals surface area contributed by atoms with Gasteiger partial charge in [-0.2, -0.15) is 8.42 Å². The highest BCUT2D eigenvalue weighted by Crippen LogP contribution is 2.37. The Morgan fingerprint density at radius 1 is 0.655 bits per heavy atom. The van der Waals surface area contributed by atoms with Crippen molar-refractivity contribution in [3.63, 3.8) is 0 Å². The van der Waals surface area contributed by atoms with E-state index >= 15 is 0 Å². The van der Waals surface area contributed by atoms with Gasteiger partial charge in [0.15, 0.2) is 0 Å². The zero-order valence-corrected chi connectivity index (χ0v) is 29.7. The quantitative estimate of drug-likeness (QED) is 0.234. The third kappa shape index (κ3) is 5.45. The van der Waals surface area contributed by atoms with Crippen LogP contribution in [0.3, 0.4) is 0 Å². The fourth-order valence-corrected chi connectivity index (χ4v) is 11.0. The van der Waals surface area contributed by atoms with Crippen LogP contribution in [0, 0.1) is 60.3 Å². The molecule has 156 valence electrons. The molecule has 0 aromatic heterocycles. The van der Waals surface area contributed by atoms with Crippen molar-refractivity contribution in [2.24, 2.45) is 0 Å². The summed E-state index contributed by atoms with van der Waals surface area (Å²) >= 11 is 13.6. The molecule has 0 atom stereocenters. The molecule has 0 fully saturated rings. The maximum atomic E-state index is 13.1. The summed E-state index contributed by atoms with van der Waals surface area (Å²) in [6, 6.07) is 0. The lowest BCUT2D eigenvalue weighted by Gasteiger charge is -2.23. The van der Waals surface area contributed by atoms with Gasteiger partial charge in [-0.15, -0.1) is 0 Å². The Hall–Kier alpha value is 2.13. The third-order valence-corrected chi connectivity index (χ3v) is 14.3. The minimum atomic E-state index is -3.82. The van der Waals surface area contributed by atoms with E-state index in [-0.39, 0.29) is 0 Å². The number of anilines is 1. The largest absolute Gasteiger partial charge is 0.304 e. The zero-order valence-electron chi connectivity index (χ0n) is 15.9. The second kappa shape index (κ2) is 10.6. The molecule has 29 heavy (non-hydrogen) atoms. The molecule has 0 bridgehead atoms. The number of hydrogen-bond acceptors (Lipinski definition) is 2. The van der Waals surface area contributed by atoms with E-state index in [4.69, 9.17) is 0 Å². The van der Waals surface area contributed by atoms with E-state index in [0.717, 1.165) is 45.7 Å². The Morgan fingerprint density at radius 2 is 1.00 bits per heavy atom. The van der Waals surface area contributed by atoms with E-state index < -0.39 is 10.0 Å². The molecule has 2 rings (SSSR count). The smallest absolute Gasteiger partial charge is 0.261 e. The Balaban J connectivity index is 2.65. The molecule has 2 aromatic rings. The van der Waals surface area contributed by atoms with Gasteiger partial charge in [-0.1, -0.05) is 0 Å². The van der Waals surface area contributed by atoms with Gasteiger partial charge < -0.3 is 0 Å². The van der Waals surface area contributed by atoms with Crippen LogP contribution >= 0.6 is 136 Å². The van der Waals surface area contributed by atoms with Crippen molar-refractivity contribution in [3.8, 4) is 11.2 Å². The topological polar surface area (TPSA) is 37.4 Å². The first-order valence-electron chi connectivity index (χ1n) is 8.02. The van der Waals surface area contributed by atoms with Crippen LogP contribution in [0.5, 0.6) is 0 Å². The summed E-state index contributed by atoms with van der Waals surface area (Å²) in [6.45, 7) is 8.12. The molecule has 0 spiro atoms. The zero-order chi connectivity index (χ0) is 22.4. The molecule has 0 amide bonds. The molecule has 0 aliphatic heterocycles. The van der Waals surface area contributed by atoms with Crippen molar-refractivity contribution in [1.29, 1.82) is 0 Å². The van der Waals surface area contributed by atoms with Crippen LogP contribution in [0.1, 0.15) is 27.8 Å². The molecule has 0 saturated carbocycles. The minimum Gasteiger partial charge on any atom is -0.261 e. The second-order valence-electron chi connectivity index (χ2n) is 6.31. The van der Waals surface area contributed by atoms with Crippen LogP contribution in [0.4, 0.5) is 5.69 Å². The standard InChI is InChI=1S/C19H15I6NO2S/c1-8-13(20)9(2)16(23)12(15(8)22)6-7-29(27,28)26(5)19-17(24)10(3)14(21)11(4)18(19)25/h1-5H3. The first kappa shape index (κ1) is 27.4. The van der Waals surface area contributed by atoms with E-state index in [2.05, 4.69) is 147 Å². The van der Waals surface area contributed by atoms with E-state index in [9.17, 15) is 8.42 Å². The van der Waals surface area contributed by atoms with Gasteiger partial charge in [0.2, 0.25) is 0 Å². The Bertz CT molecular complexity index is 1140. The summed E-state index contributed by atoms with van der Waals surface area (Å²) in [6.07, 6.45) is 0. The lowest BCUT2D eigenvalue weighted by molar-refractivity contribution is 0.604. The van der Waals surface area contributed by atoms with Crippen molar-refractivity contribution in [1.82, 2.24) is 0 Å². The summed E-state index contributed by atoms with van der Waals surface area (Å²) < 4.78 is 33.7. The van der Waals surface area contributed by atoms with Crippen molar-refractivity contribution >= 4 is 151 Å². The lowest BCUT2D eigenvalue weighted by Crippen LogP contribution is -2.27. The highest BCUT2D eigenvalue weighted by atomic mass is 127. The summed E-state index contributed by atoms with van der Waals surface area (Å²) in [5, 5.41) is 2.56. The van der Waals surface area contributed by atoms with Gasteiger partial charge in [-0.05, 0) is 191 Å². The van der Waals surface area contributed by atoms with E-state index in [1.165, 1.54) is 7.88 Å². The number of benzene rings is 2. The van der Waals surface area contributed by atoms with Gasteiger partial charge in [-0.3, -0.25) is 4.31 Å². The number of nitrogens with zero attached hydrogens (tertiary/aromatic N) is 1. The molecule has 0 heterocycles. The van der Waals surface area contributed by atoms with Gasteiger partial charge in [0.25, 0.3) is 0 Å². The molecule has 0 aliphatic rings. The van der Waals surface area contributed by atoms with Crippen LogP contribution < -0.4 is 4.31 Å². The van der Waals surface area contributed by atoms with Gasteiger partial charge >= 0.3 is 10.0 Å². The molecule has 0 saturated heterocycles. The lowest BCUT2D eigenvalue weighted by atomic mass is 10.1. The predicted octanol–water partition coefficient (Wildman–Crippen LogP) is 7.32. The molecule has 0 N–H and O–H groups in total. The maximum Gasteiger partial charge on any atom is 0.304 e. The molecule has 0 unspecified atom stereocenters. The van der Waals surface area contributed by atoms with E-state index in [1.807, 2.05) is 27.7 Å². The fourth-order valence-electron chi connectivity index (χ4n) is 2.56. The predicted molar refractivity (Wildman–Crippen MR) is 172 cm³/mol. The third-order valence-electron chi connectivity index (χ3n) is 4.47. The van der Waals surface area contributed by atoms with Gasteiger partial charge in [0.1, 0.15) is 0 Å². The molecular formula is C19H15I6NO2S. The van der Waals surface area contributed by atoms with Crippen LogP contribution in [0.15, 0.2) is 0 Å². The summed E-state index contributed by atoms with van der Waals surface area (Å²) in [7, 11) is -2.24. The molecule has 0 radical (unpaired) electrons. The number of sulfonamides is 1. The highest BCUT2D eigenvalue weighted by molar-refractivity contribution is 14.1. The number of rotatable bonds is 2. The first-order chi connectivity index (χ1) is 13.2. The molecular weight excluding hydrogens is 1070 g/mol. The van der Waals surface area contributed by atoms with E-state index in [1.54, 1.807) is 7.05 Å². The van der Waals surface area contributed by atoms with Crippen molar-refractivity contribution < 1.29 is 8.42 Å². The second-order valence-corrected chi connectivity index (χ2v) is 14.5. The summed E-state index contributed by atoms with van der Waals surface area (Å²) in [5.74, 6) is 2.96. The van der Waals surface area contributed by atoms with Crippen molar-refractivity contribution in [3.05, 3.63) is 49.2 Å². The molecule has 2 aromatic carbocycles. The molecule has 0 aliphatic carbocycles. The SMILES string of the molecule is Cc1c(I)c(C)c(I)c(C#CS(=O)(=O)N(C)c2c(I)c(C)c(I)c(C)c2I)c1I. The van der Waals surface area contributed by atoms with E-state index in [0.29, 0.717) is 5.69 Å². The summed E-state index contributed by atoms with van der Waals surface area (Å²) in [4.78, 5) is 0.